The van der Waals surface area contributed by atoms with Gasteiger partial charge < -0.3 is 10.0 Å². The normalized spacial score (nSPS) is 22.0. The summed E-state index contributed by atoms with van der Waals surface area (Å²) in [6.45, 7) is 4.57. The quantitative estimate of drug-likeness (QED) is 0.896. The molecule has 3 rings (SSSR count). The number of aromatic nitrogens is 4. The zero-order valence-corrected chi connectivity index (χ0v) is 14.3. The van der Waals surface area contributed by atoms with Crippen molar-refractivity contribution in [3.8, 4) is 0 Å². The number of aliphatic hydroxyl groups is 1. The maximum Gasteiger partial charge on any atom is 0.248 e. The summed E-state index contributed by atoms with van der Waals surface area (Å²) in [5.41, 5.74) is 0.694. The average Bonchev–Trinajstić information content (AvgIpc) is 3.00. The molecule has 1 aliphatic rings. The van der Waals surface area contributed by atoms with Crippen molar-refractivity contribution in [2.24, 2.45) is 5.92 Å². The number of halogens is 1. The second kappa shape index (κ2) is 7.26. The van der Waals surface area contributed by atoms with Crippen LogP contribution in [-0.4, -0.2) is 55.3 Å². The number of hydrogen-bond donors (Lipinski definition) is 1. The monoisotopic (exact) mass is 347 g/mol. The third-order valence-electron chi connectivity index (χ3n) is 4.79. The topological polar surface area (TPSA) is 84.1 Å². The van der Waals surface area contributed by atoms with Gasteiger partial charge in [-0.25, -0.2) is 9.07 Å². The van der Waals surface area contributed by atoms with Crippen LogP contribution in [0.4, 0.5) is 4.39 Å². The van der Waals surface area contributed by atoms with E-state index in [1.807, 2.05) is 6.92 Å². The number of likely N-dealkylation sites (tertiary alicyclic amines) is 1. The molecule has 1 fully saturated rings. The molecule has 134 valence electrons. The van der Waals surface area contributed by atoms with Crippen molar-refractivity contribution < 1.29 is 14.3 Å². The van der Waals surface area contributed by atoms with Gasteiger partial charge in [-0.2, -0.15) is 0 Å². The molecule has 1 aromatic carbocycles. The molecule has 1 N–H and O–H groups in total. The second-order valence-corrected chi connectivity index (χ2v) is 6.64. The zero-order chi connectivity index (χ0) is 18.0. The first kappa shape index (κ1) is 17.5. The van der Waals surface area contributed by atoms with Gasteiger partial charge in [0.15, 0.2) is 0 Å². The van der Waals surface area contributed by atoms with E-state index in [-0.39, 0.29) is 24.1 Å². The summed E-state index contributed by atoms with van der Waals surface area (Å²) in [7, 11) is 0. The van der Waals surface area contributed by atoms with Crippen LogP contribution in [0.25, 0.3) is 0 Å². The van der Waals surface area contributed by atoms with E-state index in [0.29, 0.717) is 24.5 Å². The van der Waals surface area contributed by atoms with Crippen molar-refractivity contribution in [3.05, 3.63) is 41.5 Å². The highest BCUT2D eigenvalue weighted by atomic mass is 19.1. The highest BCUT2D eigenvalue weighted by molar-refractivity contribution is 5.81. The van der Waals surface area contributed by atoms with Crippen molar-refractivity contribution in [1.82, 2.24) is 25.1 Å². The Balaban J connectivity index is 1.86. The van der Waals surface area contributed by atoms with Crippen LogP contribution >= 0.6 is 0 Å². The van der Waals surface area contributed by atoms with Crippen LogP contribution in [0.1, 0.15) is 30.8 Å². The van der Waals surface area contributed by atoms with Gasteiger partial charge in [0.05, 0.1) is 6.10 Å². The Morgan fingerprint density at radius 3 is 2.92 bits per heavy atom. The van der Waals surface area contributed by atoms with Crippen LogP contribution in [0.2, 0.25) is 0 Å². The Hall–Kier alpha value is -2.35. The van der Waals surface area contributed by atoms with Gasteiger partial charge in [0.25, 0.3) is 0 Å². The van der Waals surface area contributed by atoms with Gasteiger partial charge in [0.2, 0.25) is 5.91 Å². The number of amides is 1. The minimum absolute atomic E-state index is 0.161. The molecule has 3 unspecified atom stereocenters. The predicted octanol–water partition coefficient (Wildman–Crippen LogP) is 1.13. The Bertz CT molecular complexity index is 750. The lowest BCUT2D eigenvalue weighted by molar-refractivity contribution is -0.139. The van der Waals surface area contributed by atoms with Gasteiger partial charge >= 0.3 is 0 Å². The molecule has 2 heterocycles. The molecule has 8 heteroatoms. The number of piperidine rings is 1. The van der Waals surface area contributed by atoms with Crippen molar-refractivity contribution in [1.29, 1.82) is 0 Å². The number of nitrogens with zero attached hydrogens (tertiary/aromatic N) is 5. The third-order valence-corrected chi connectivity index (χ3v) is 4.79. The molecule has 0 radical (unpaired) electrons. The molecule has 0 aliphatic carbocycles. The third kappa shape index (κ3) is 3.84. The molecule has 0 bridgehead atoms. The molecule has 25 heavy (non-hydrogen) atoms. The van der Waals surface area contributed by atoms with Gasteiger partial charge in [-0.1, -0.05) is 19.1 Å². The first-order chi connectivity index (χ1) is 12.0. The molecule has 1 amide bonds. The summed E-state index contributed by atoms with van der Waals surface area (Å²) in [4.78, 5) is 14.7. The van der Waals surface area contributed by atoms with Gasteiger partial charge in [-0.3, -0.25) is 4.79 Å². The maximum atomic E-state index is 13.5. The number of benzene rings is 1. The SMILES string of the molecule is Cc1nnnn1C(Cc1cccc(F)c1)C(=O)N1CCC(C)C(O)C1. The van der Waals surface area contributed by atoms with E-state index in [1.54, 1.807) is 24.0 Å². The van der Waals surface area contributed by atoms with E-state index in [2.05, 4.69) is 15.5 Å². The number of β-amino-alcohol motifs (C(OH)–C–C–N with tert-alkyl or cyclic N) is 1. The zero-order valence-electron chi connectivity index (χ0n) is 14.3. The lowest BCUT2D eigenvalue weighted by atomic mass is 9.95. The average molecular weight is 347 g/mol. The minimum atomic E-state index is -0.669. The Labute approximate surface area is 145 Å². The first-order valence-electron chi connectivity index (χ1n) is 8.41. The number of carbonyl (C=O) groups is 1. The van der Waals surface area contributed by atoms with Gasteiger partial charge in [-0.05, 0) is 47.4 Å². The summed E-state index contributed by atoms with van der Waals surface area (Å²) in [5, 5.41) is 21.5. The molecule has 1 saturated heterocycles. The molecule has 3 atom stereocenters. The summed E-state index contributed by atoms with van der Waals surface area (Å²) < 4.78 is 15.0. The van der Waals surface area contributed by atoms with Gasteiger partial charge in [0, 0.05) is 19.5 Å². The molecule has 1 aromatic heterocycles. The molecule has 1 aliphatic heterocycles. The molecule has 0 saturated carbocycles. The lowest BCUT2D eigenvalue weighted by Gasteiger charge is -2.36. The van der Waals surface area contributed by atoms with Crippen molar-refractivity contribution in [2.75, 3.05) is 13.1 Å². The minimum Gasteiger partial charge on any atom is -0.391 e. The molecule has 0 spiro atoms. The second-order valence-electron chi connectivity index (χ2n) is 6.64. The van der Waals surface area contributed by atoms with Crippen LogP contribution in [0.15, 0.2) is 24.3 Å². The Morgan fingerprint density at radius 2 is 2.28 bits per heavy atom. The van der Waals surface area contributed by atoms with Crippen LogP contribution < -0.4 is 0 Å². The number of aliphatic hydroxyl groups excluding tert-OH is 1. The molecular formula is C17H22FN5O2. The largest absolute Gasteiger partial charge is 0.391 e. The van der Waals surface area contributed by atoms with Crippen molar-refractivity contribution >= 4 is 5.91 Å². The van der Waals surface area contributed by atoms with Crippen LogP contribution in [0.3, 0.4) is 0 Å². The van der Waals surface area contributed by atoms with Gasteiger partial charge in [0.1, 0.15) is 17.7 Å². The molecule has 2 aromatic rings. The standard InChI is InChI=1S/C17H22FN5O2/c1-11-6-7-22(10-16(11)24)17(25)15(23-12(2)19-20-21-23)9-13-4-3-5-14(18)8-13/h3-5,8,11,15-16,24H,6-7,9-10H2,1-2H3. The molecular weight excluding hydrogens is 325 g/mol. The van der Waals surface area contributed by atoms with Crippen LogP contribution in [-0.2, 0) is 11.2 Å². The highest BCUT2D eigenvalue weighted by Gasteiger charge is 2.33. The fourth-order valence-corrected chi connectivity index (χ4v) is 3.15. The van der Waals surface area contributed by atoms with Gasteiger partial charge in [-0.15, -0.1) is 5.10 Å². The first-order valence-corrected chi connectivity index (χ1v) is 8.41. The van der Waals surface area contributed by atoms with E-state index >= 15 is 0 Å². The number of hydrogen-bond acceptors (Lipinski definition) is 5. The Morgan fingerprint density at radius 1 is 1.48 bits per heavy atom. The summed E-state index contributed by atoms with van der Waals surface area (Å²) >= 11 is 0. The van der Waals surface area contributed by atoms with E-state index in [1.165, 1.54) is 16.8 Å². The van der Waals surface area contributed by atoms with Crippen molar-refractivity contribution in [3.63, 3.8) is 0 Å². The smallest absolute Gasteiger partial charge is 0.248 e. The maximum absolute atomic E-state index is 13.5. The highest BCUT2D eigenvalue weighted by Crippen LogP contribution is 2.23. The van der Waals surface area contributed by atoms with Crippen molar-refractivity contribution in [2.45, 2.75) is 38.8 Å². The van der Waals surface area contributed by atoms with E-state index < -0.39 is 12.1 Å². The van der Waals surface area contributed by atoms with E-state index in [9.17, 15) is 14.3 Å². The number of carbonyl (C=O) groups excluding carboxylic acids is 1. The summed E-state index contributed by atoms with van der Waals surface area (Å²) in [6, 6.07) is 5.50. The molecule has 7 nitrogen and oxygen atoms in total. The lowest BCUT2D eigenvalue weighted by Crippen LogP contribution is -2.48. The fourth-order valence-electron chi connectivity index (χ4n) is 3.15. The summed E-state index contributed by atoms with van der Waals surface area (Å²) in [5.74, 6) is 0.172. The van der Waals surface area contributed by atoms with Crippen LogP contribution in [0.5, 0.6) is 0 Å². The van der Waals surface area contributed by atoms with Crippen LogP contribution in [0, 0.1) is 18.7 Å². The summed E-state index contributed by atoms with van der Waals surface area (Å²) in [6.07, 6.45) is 0.487. The number of rotatable bonds is 4. The van der Waals surface area contributed by atoms with E-state index in [0.717, 1.165) is 6.42 Å². The predicted molar refractivity (Wildman–Crippen MR) is 88.1 cm³/mol. The number of tetrazole rings is 1. The fraction of sp³-hybridized carbons (Fsp3) is 0.529. The van der Waals surface area contributed by atoms with E-state index in [4.69, 9.17) is 0 Å². The Kier molecular flexibility index (Phi) is 5.08. The number of aryl methyl sites for hydroxylation is 1.